The molecule has 0 radical (unpaired) electrons. The van der Waals surface area contributed by atoms with Crippen LogP contribution in [0.4, 0.5) is 0 Å². The Bertz CT molecular complexity index is 286. The average molecular weight is 180 g/mol. The van der Waals surface area contributed by atoms with Crippen molar-refractivity contribution in [3.8, 4) is 0 Å². The highest BCUT2D eigenvalue weighted by molar-refractivity contribution is 7.11. The molecule has 0 N–H and O–H groups in total. The van der Waals surface area contributed by atoms with Crippen LogP contribution in [0.5, 0.6) is 0 Å². The molecule has 1 aromatic heterocycles. The maximum Gasteiger partial charge on any atom is 0.0330 e. The third-order valence-corrected chi connectivity index (χ3v) is 2.94. The first kappa shape index (κ1) is 9.53. The molecule has 0 nitrogen and oxygen atoms in total. The summed E-state index contributed by atoms with van der Waals surface area (Å²) in [5, 5.41) is 2.14. The Balaban J connectivity index is 3.17. The number of rotatable bonds is 1. The molecule has 0 spiro atoms. The Morgan fingerprint density at radius 2 is 2.00 bits per heavy atom. The molecular formula is C11H16S. The van der Waals surface area contributed by atoms with Crippen molar-refractivity contribution < 1.29 is 0 Å². The molecule has 66 valence electrons. The minimum atomic E-state index is 0.244. The van der Waals surface area contributed by atoms with Crippen LogP contribution < -0.4 is 0 Å². The molecule has 1 rings (SSSR count). The monoisotopic (exact) mass is 180 g/mol. The summed E-state index contributed by atoms with van der Waals surface area (Å²) in [5.74, 6) is 0. The standard InChI is InChI=1S/C11H16S/c1-8(2)10-9(6-7-12-10)11(3,4)5/h6-7H,1H2,2-5H3. The summed E-state index contributed by atoms with van der Waals surface area (Å²) >= 11 is 1.78. The Hall–Kier alpha value is -0.560. The highest BCUT2D eigenvalue weighted by atomic mass is 32.1. The molecule has 0 saturated heterocycles. The fourth-order valence-corrected chi connectivity index (χ4v) is 2.27. The summed E-state index contributed by atoms with van der Waals surface area (Å²) in [6, 6.07) is 2.20. The zero-order valence-electron chi connectivity index (χ0n) is 8.27. The first-order valence-corrected chi connectivity index (χ1v) is 5.05. The van der Waals surface area contributed by atoms with E-state index in [1.165, 1.54) is 16.0 Å². The Morgan fingerprint density at radius 1 is 1.42 bits per heavy atom. The van der Waals surface area contributed by atoms with Gasteiger partial charge in [0.15, 0.2) is 0 Å². The van der Waals surface area contributed by atoms with E-state index >= 15 is 0 Å². The number of hydrogen-bond acceptors (Lipinski definition) is 1. The van der Waals surface area contributed by atoms with E-state index in [4.69, 9.17) is 0 Å². The predicted molar refractivity (Wildman–Crippen MR) is 57.7 cm³/mol. The lowest BCUT2D eigenvalue weighted by molar-refractivity contribution is 0.591. The van der Waals surface area contributed by atoms with Crippen molar-refractivity contribution in [2.45, 2.75) is 33.1 Å². The maximum atomic E-state index is 3.98. The fourth-order valence-electron chi connectivity index (χ4n) is 1.23. The molecule has 0 aromatic carbocycles. The summed E-state index contributed by atoms with van der Waals surface area (Å²) in [5.41, 5.74) is 2.84. The average Bonchev–Trinajstić information content (AvgIpc) is 2.30. The summed E-state index contributed by atoms with van der Waals surface area (Å²) in [4.78, 5) is 1.35. The van der Waals surface area contributed by atoms with Gasteiger partial charge in [-0.2, -0.15) is 0 Å². The van der Waals surface area contributed by atoms with E-state index in [1.807, 2.05) is 0 Å². The quantitative estimate of drug-likeness (QED) is 0.611. The van der Waals surface area contributed by atoms with Crippen molar-refractivity contribution in [1.29, 1.82) is 0 Å². The minimum absolute atomic E-state index is 0.244. The van der Waals surface area contributed by atoms with E-state index in [9.17, 15) is 0 Å². The van der Waals surface area contributed by atoms with Crippen LogP contribution in [-0.4, -0.2) is 0 Å². The molecule has 1 heteroatoms. The first-order valence-electron chi connectivity index (χ1n) is 4.17. The van der Waals surface area contributed by atoms with Gasteiger partial charge in [-0.15, -0.1) is 11.3 Å². The summed E-state index contributed by atoms with van der Waals surface area (Å²) in [6.07, 6.45) is 0. The highest BCUT2D eigenvalue weighted by Crippen LogP contribution is 2.33. The van der Waals surface area contributed by atoms with E-state index in [1.54, 1.807) is 11.3 Å². The highest BCUT2D eigenvalue weighted by Gasteiger charge is 2.18. The third kappa shape index (κ3) is 1.78. The zero-order valence-corrected chi connectivity index (χ0v) is 9.09. The van der Waals surface area contributed by atoms with Gasteiger partial charge in [-0.25, -0.2) is 0 Å². The second-order valence-electron chi connectivity index (χ2n) is 4.19. The van der Waals surface area contributed by atoms with Crippen molar-refractivity contribution in [2.75, 3.05) is 0 Å². The SMILES string of the molecule is C=C(C)c1sccc1C(C)(C)C. The van der Waals surface area contributed by atoms with Crippen LogP contribution in [0.25, 0.3) is 5.57 Å². The van der Waals surface area contributed by atoms with Gasteiger partial charge < -0.3 is 0 Å². The van der Waals surface area contributed by atoms with Crippen molar-refractivity contribution in [3.05, 3.63) is 28.5 Å². The Labute approximate surface area is 78.9 Å². The molecule has 0 saturated carbocycles. The normalized spacial score (nSPS) is 11.7. The smallest absolute Gasteiger partial charge is 0.0330 e. The summed E-state index contributed by atoms with van der Waals surface area (Å²) < 4.78 is 0. The van der Waals surface area contributed by atoms with Gasteiger partial charge in [0.25, 0.3) is 0 Å². The third-order valence-electron chi connectivity index (χ3n) is 1.86. The van der Waals surface area contributed by atoms with Gasteiger partial charge >= 0.3 is 0 Å². The second kappa shape index (κ2) is 3.06. The molecule has 0 atom stereocenters. The van der Waals surface area contributed by atoms with Gasteiger partial charge in [-0.3, -0.25) is 0 Å². The lowest BCUT2D eigenvalue weighted by Crippen LogP contribution is -2.11. The van der Waals surface area contributed by atoms with Gasteiger partial charge in [-0.1, -0.05) is 27.4 Å². The van der Waals surface area contributed by atoms with Crippen molar-refractivity contribution >= 4 is 16.9 Å². The van der Waals surface area contributed by atoms with Crippen molar-refractivity contribution in [3.63, 3.8) is 0 Å². The number of allylic oxidation sites excluding steroid dienone is 1. The van der Waals surface area contributed by atoms with Gasteiger partial charge in [0.2, 0.25) is 0 Å². The molecule has 0 fully saturated rings. The molecule has 0 bridgehead atoms. The van der Waals surface area contributed by atoms with Crippen LogP contribution in [0.15, 0.2) is 18.0 Å². The molecule has 0 amide bonds. The van der Waals surface area contributed by atoms with Gasteiger partial charge in [0, 0.05) is 4.88 Å². The molecule has 1 heterocycles. The lowest BCUT2D eigenvalue weighted by atomic mass is 9.86. The van der Waals surface area contributed by atoms with Crippen LogP contribution in [0.3, 0.4) is 0 Å². The summed E-state index contributed by atoms with van der Waals surface area (Å²) in [7, 11) is 0. The zero-order chi connectivity index (χ0) is 9.35. The van der Waals surface area contributed by atoms with E-state index in [0.29, 0.717) is 0 Å². The van der Waals surface area contributed by atoms with Crippen molar-refractivity contribution in [2.24, 2.45) is 0 Å². The number of hydrogen-bond donors (Lipinski definition) is 0. The van der Waals surface area contributed by atoms with Crippen LogP contribution >= 0.6 is 11.3 Å². The molecule has 0 aliphatic rings. The number of thiophene rings is 1. The molecule has 0 aliphatic heterocycles. The predicted octanol–water partition coefficient (Wildman–Crippen LogP) is 4.08. The van der Waals surface area contributed by atoms with E-state index in [-0.39, 0.29) is 5.41 Å². The fraction of sp³-hybridized carbons (Fsp3) is 0.455. The lowest BCUT2D eigenvalue weighted by Gasteiger charge is -2.19. The molecular weight excluding hydrogens is 164 g/mol. The second-order valence-corrected chi connectivity index (χ2v) is 5.11. The summed E-state index contributed by atoms with van der Waals surface area (Å²) in [6.45, 7) is 12.8. The minimum Gasteiger partial charge on any atom is -0.144 e. The van der Waals surface area contributed by atoms with Crippen LogP contribution in [0.2, 0.25) is 0 Å². The molecule has 0 unspecified atom stereocenters. The molecule has 12 heavy (non-hydrogen) atoms. The van der Waals surface area contributed by atoms with Crippen LogP contribution in [0.1, 0.15) is 38.1 Å². The van der Waals surface area contributed by atoms with Crippen LogP contribution in [0, 0.1) is 0 Å². The van der Waals surface area contributed by atoms with E-state index < -0.39 is 0 Å². The van der Waals surface area contributed by atoms with Crippen molar-refractivity contribution in [1.82, 2.24) is 0 Å². The van der Waals surface area contributed by atoms with Gasteiger partial charge in [-0.05, 0) is 34.9 Å². The van der Waals surface area contributed by atoms with Gasteiger partial charge in [0.1, 0.15) is 0 Å². The van der Waals surface area contributed by atoms with E-state index in [2.05, 4.69) is 45.7 Å². The Kier molecular flexibility index (Phi) is 2.43. The Morgan fingerprint density at radius 3 is 2.33 bits per heavy atom. The topological polar surface area (TPSA) is 0 Å². The van der Waals surface area contributed by atoms with Gasteiger partial charge in [0.05, 0.1) is 0 Å². The first-order chi connectivity index (χ1) is 5.43. The molecule has 0 aliphatic carbocycles. The maximum absolute atomic E-state index is 3.98. The van der Waals surface area contributed by atoms with Crippen LogP contribution in [-0.2, 0) is 5.41 Å². The van der Waals surface area contributed by atoms with E-state index in [0.717, 1.165) is 0 Å². The molecule has 1 aromatic rings. The largest absolute Gasteiger partial charge is 0.144 e.